The molecule has 0 aliphatic rings. The Labute approximate surface area is 66.2 Å². The predicted molar refractivity (Wildman–Crippen MR) is 49.3 cm³/mol. The molecule has 0 fully saturated rings. The lowest BCUT2D eigenvalue weighted by Crippen LogP contribution is -2.06. The zero-order valence-electron chi connectivity index (χ0n) is 8.20. The van der Waals surface area contributed by atoms with Gasteiger partial charge in [0, 0.05) is 0 Å². The number of hydrogen-bond acceptors (Lipinski definition) is 1. The van der Waals surface area contributed by atoms with Crippen LogP contribution in [0.25, 0.3) is 0 Å². The zero-order chi connectivity index (χ0) is 8.41. The Morgan fingerprint density at radius 1 is 1.20 bits per heavy atom. The molecule has 10 heavy (non-hydrogen) atoms. The number of rotatable bonds is 3. The minimum atomic E-state index is 0.833. The molecule has 1 N–H and O–H groups in total. The molecule has 0 saturated carbocycles. The first-order chi connectivity index (χ1) is 4.65. The Hall–Kier alpha value is -0.0400. The average molecular weight is 145 g/mol. The summed E-state index contributed by atoms with van der Waals surface area (Å²) in [4.78, 5) is 0. The molecule has 0 aliphatic heterocycles. The van der Waals surface area contributed by atoms with Gasteiger partial charge in [-0.25, -0.2) is 0 Å². The predicted octanol–water partition coefficient (Wildman–Crippen LogP) is 2.67. The van der Waals surface area contributed by atoms with E-state index in [-0.39, 0.29) is 0 Å². The van der Waals surface area contributed by atoms with Gasteiger partial charge in [0.2, 0.25) is 0 Å². The Bertz CT molecular complexity index is 35.2. The molecule has 0 radical (unpaired) electrons. The third kappa shape index (κ3) is 44.0. The van der Waals surface area contributed by atoms with E-state index in [4.69, 9.17) is 0 Å². The molecule has 0 spiro atoms. The summed E-state index contributed by atoms with van der Waals surface area (Å²) in [5.74, 6) is 0.833. The number of unbranched alkanes of at least 4 members (excludes halogenated alkanes) is 1. The van der Waals surface area contributed by atoms with Crippen molar-refractivity contribution in [1.29, 1.82) is 0 Å². The molecule has 0 rings (SSSR count). The van der Waals surface area contributed by atoms with Crippen LogP contribution in [0.2, 0.25) is 0 Å². The molecule has 64 valence electrons. The van der Waals surface area contributed by atoms with E-state index in [2.05, 4.69) is 33.0 Å². The molecular formula is C9H23N. The molecule has 0 aromatic rings. The van der Waals surface area contributed by atoms with Crippen molar-refractivity contribution in [2.75, 3.05) is 13.6 Å². The summed E-state index contributed by atoms with van der Waals surface area (Å²) in [6.07, 6.45) is 2.59. The van der Waals surface area contributed by atoms with Crippen molar-refractivity contribution in [3.63, 3.8) is 0 Å². The fraction of sp³-hybridized carbons (Fsp3) is 1.00. The van der Waals surface area contributed by atoms with E-state index in [1.54, 1.807) is 0 Å². The van der Waals surface area contributed by atoms with E-state index in [0.717, 1.165) is 12.5 Å². The van der Waals surface area contributed by atoms with Gasteiger partial charge in [-0.2, -0.15) is 0 Å². The highest BCUT2D eigenvalue weighted by Crippen LogP contribution is 1.81. The van der Waals surface area contributed by atoms with E-state index in [1.807, 2.05) is 7.05 Å². The summed E-state index contributed by atoms with van der Waals surface area (Å²) >= 11 is 0. The molecule has 0 aliphatic carbocycles. The van der Waals surface area contributed by atoms with Gasteiger partial charge in [0.15, 0.2) is 0 Å². The quantitative estimate of drug-likeness (QED) is 0.602. The van der Waals surface area contributed by atoms with Gasteiger partial charge in [-0.1, -0.05) is 34.1 Å². The summed E-state index contributed by atoms with van der Waals surface area (Å²) in [5.41, 5.74) is 0. The minimum absolute atomic E-state index is 0.833. The highest BCUT2D eigenvalue weighted by Gasteiger charge is 1.73. The van der Waals surface area contributed by atoms with Crippen LogP contribution in [0.3, 0.4) is 0 Å². The monoisotopic (exact) mass is 145 g/mol. The van der Waals surface area contributed by atoms with Crippen LogP contribution in [0, 0.1) is 5.92 Å². The summed E-state index contributed by atoms with van der Waals surface area (Å²) in [6.45, 7) is 9.86. The Morgan fingerprint density at radius 3 is 1.70 bits per heavy atom. The lowest BCUT2D eigenvalue weighted by atomic mass is 10.3. The highest BCUT2D eigenvalue weighted by atomic mass is 14.8. The maximum Gasteiger partial charge on any atom is -0.00520 e. The van der Waals surface area contributed by atoms with Gasteiger partial charge in [-0.3, -0.25) is 0 Å². The van der Waals surface area contributed by atoms with Gasteiger partial charge in [0.1, 0.15) is 0 Å². The molecule has 0 unspecified atom stereocenters. The van der Waals surface area contributed by atoms with E-state index in [9.17, 15) is 0 Å². The van der Waals surface area contributed by atoms with Crippen molar-refractivity contribution < 1.29 is 0 Å². The Kier molecular flexibility index (Phi) is 14.8. The Balaban J connectivity index is 0. The fourth-order valence-corrected chi connectivity index (χ4v) is 0.354. The van der Waals surface area contributed by atoms with Gasteiger partial charge in [0.25, 0.3) is 0 Å². The third-order valence-electron chi connectivity index (χ3n) is 0.780. The maximum absolute atomic E-state index is 3.07. The van der Waals surface area contributed by atoms with Crippen molar-refractivity contribution in [3.8, 4) is 0 Å². The molecule has 0 atom stereocenters. The van der Waals surface area contributed by atoms with E-state index < -0.39 is 0 Å². The van der Waals surface area contributed by atoms with Crippen LogP contribution in [-0.2, 0) is 0 Å². The topological polar surface area (TPSA) is 12.0 Å². The molecule has 0 amide bonds. The van der Waals surface area contributed by atoms with E-state index >= 15 is 0 Å². The average Bonchev–Trinajstić information content (AvgIpc) is 1.82. The third-order valence-corrected chi connectivity index (χ3v) is 0.780. The second-order valence-corrected chi connectivity index (χ2v) is 3.19. The molecule has 0 saturated heterocycles. The van der Waals surface area contributed by atoms with Crippen molar-refractivity contribution in [2.24, 2.45) is 5.92 Å². The fourth-order valence-electron chi connectivity index (χ4n) is 0.354. The van der Waals surface area contributed by atoms with Crippen molar-refractivity contribution in [3.05, 3.63) is 0 Å². The first-order valence-electron chi connectivity index (χ1n) is 4.29. The van der Waals surface area contributed by atoms with Gasteiger partial charge >= 0.3 is 0 Å². The van der Waals surface area contributed by atoms with Crippen LogP contribution in [0.15, 0.2) is 0 Å². The van der Waals surface area contributed by atoms with Crippen LogP contribution in [0.4, 0.5) is 0 Å². The Morgan fingerprint density at radius 2 is 1.60 bits per heavy atom. The summed E-state index contributed by atoms with van der Waals surface area (Å²) < 4.78 is 0. The highest BCUT2D eigenvalue weighted by molar-refractivity contribution is 4.34. The van der Waals surface area contributed by atoms with Crippen LogP contribution in [0.1, 0.15) is 40.5 Å². The molecule has 0 heterocycles. The standard InChI is InChI=1S/C5H13N.C4H10/c1-3-4-5-6-2;1-4(2)3/h6H,3-5H2,1-2H3;4H,1-3H3. The van der Waals surface area contributed by atoms with Crippen LogP contribution in [-0.4, -0.2) is 13.6 Å². The van der Waals surface area contributed by atoms with E-state index in [1.165, 1.54) is 12.8 Å². The normalized spacial score (nSPS) is 9.00. The van der Waals surface area contributed by atoms with Crippen LogP contribution < -0.4 is 5.32 Å². The summed E-state index contributed by atoms with van der Waals surface area (Å²) in [5, 5.41) is 3.07. The number of hydrogen-bond donors (Lipinski definition) is 1. The van der Waals surface area contributed by atoms with Crippen LogP contribution >= 0.6 is 0 Å². The van der Waals surface area contributed by atoms with Crippen molar-refractivity contribution >= 4 is 0 Å². The lowest BCUT2D eigenvalue weighted by Gasteiger charge is -1.89. The van der Waals surface area contributed by atoms with E-state index in [0.29, 0.717) is 0 Å². The maximum atomic E-state index is 3.07. The molecule has 1 nitrogen and oxygen atoms in total. The van der Waals surface area contributed by atoms with Gasteiger partial charge in [0.05, 0.1) is 0 Å². The molecular weight excluding hydrogens is 122 g/mol. The minimum Gasteiger partial charge on any atom is -0.320 e. The first-order valence-corrected chi connectivity index (χ1v) is 4.29. The van der Waals surface area contributed by atoms with Crippen molar-refractivity contribution in [1.82, 2.24) is 5.32 Å². The smallest absolute Gasteiger partial charge is 0.00520 e. The molecule has 0 aromatic heterocycles. The largest absolute Gasteiger partial charge is 0.320 e. The second-order valence-electron chi connectivity index (χ2n) is 3.19. The summed E-state index contributed by atoms with van der Waals surface area (Å²) in [6, 6.07) is 0. The molecule has 1 heteroatoms. The molecule has 0 bridgehead atoms. The molecule has 0 aromatic carbocycles. The zero-order valence-corrected chi connectivity index (χ0v) is 8.20. The summed E-state index contributed by atoms with van der Waals surface area (Å²) in [7, 11) is 1.98. The second kappa shape index (κ2) is 11.7. The first kappa shape index (κ1) is 12.6. The van der Waals surface area contributed by atoms with Gasteiger partial charge < -0.3 is 5.32 Å². The van der Waals surface area contributed by atoms with Gasteiger partial charge in [-0.15, -0.1) is 0 Å². The van der Waals surface area contributed by atoms with Crippen LogP contribution in [0.5, 0.6) is 0 Å². The lowest BCUT2D eigenvalue weighted by molar-refractivity contribution is 0.711. The van der Waals surface area contributed by atoms with Gasteiger partial charge in [-0.05, 0) is 25.9 Å². The SMILES string of the molecule is CC(C)C.CCCCNC. The van der Waals surface area contributed by atoms with Crippen molar-refractivity contribution in [2.45, 2.75) is 40.5 Å². The number of nitrogens with one attached hydrogen (secondary N) is 1.